The molecule has 0 aliphatic heterocycles. The van der Waals surface area contributed by atoms with E-state index in [0.29, 0.717) is 11.4 Å². The fourth-order valence-electron chi connectivity index (χ4n) is 1.73. The van der Waals surface area contributed by atoms with Crippen molar-refractivity contribution in [3.05, 3.63) is 42.2 Å². The Morgan fingerprint density at radius 1 is 1.27 bits per heavy atom. The molecule has 3 N–H and O–H groups in total. The molecule has 0 aliphatic carbocycles. The molecule has 8 nitrogen and oxygen atoms in total. The lowest BCUT2D eigenvalue weighted by atomic mass is 10.2. The minimum absolute atomic E-state index is 0.243. The summed E-state index contributed by atoms with van der Waals surface area (Å²) in [7, 11) is 1.74. The van der Waals surface area contributed by atoms with Gasteiger partial charge in [-0.3, -0.25) is 9.48 Å². The Morgan fingerprint density at radius 3 is 2.64 bits per heavy atom. The third-order valence-corrected chi connectivity index (χ3v) is 2.86. The number of hydrogen-bond acceptors (Lipinski definition) is 4. The molecule has 0 saturated carbocycles. The summed E-state index contributed by atoms with van der Waals surface area (Å²) in [5.74, 6) is -0.291. The van der Waals surface area contributed by atoms with E-state index in [1.165, 1.54) is 0 Å². The highest BCUT2D eigenvalue weighted by molar-refractivity contribution is 5.96. The summed E-state index contributed by atoms with van der Waals surface area (Å²) in [6.45, 7) is 1.85. The summed E-state index contributed by atoms with van der Waals surface area (Å²) >= 11 is 0. The molecule has 1 atom stereocenters. The monoisotopic (exact) mass is 302 g/mol. The van der Waals surface area contributed by atoms with Crippen LogP contribution in [0.4, 0.5) is 10.5 Å². The number of benzene rings is 1. The van der Waals surface area contributed by atoms with Gasteiger partial charge >= 0.3 is 6.03 Å². The van der Waals surface area contributed by atoms with Crippen LogP contribution in [0.25, 0.3) is 0 Å². The molecule has 8 heteroatoms. The molecule has 1 unspecified atom stereocenters. The standard InChI is InChI=1S/C14H18N6O2/c1-10(13(21)17-11-6-4-3-5-7-11)16-14(22)15-8-12-9-20(2)19-18-12/h3-7,9-10H,8H2,1-2H3,(H,17,21)(H2,15,16,22). The number of nitrogens with zero attached hydrogens (tertiary/aromatic N) is 3. The van der Waals surface area contributed by atoms with E-state index in [-0.39, 0.29) is 12.5 Å². The van der Waals surface area contributed by atoms with Crippen LogP contribution in [0.15, 0.2) is 36.5 Å². The van der Waals surface area contributed by atoms with E-state index in [4.69, 9.17) is 0 Å². The van der Waals surface area contributed by atoms with Crippen LogP contribution in [0.1, 0.15) is 12.6 Å². The molecule has 22 heavy (non-hydrogen) atoms. The van der Waals surface area contributed by atoms with Gasteiger partial charge in [0.25, 0.3) is 0 Å². The van der Waals surface area contributed by atoms with E-state index >= 15 is 0 Å². The van der Waals surface area contributed by atoms with E-state index in [9.17, 15) is 9.59 Å². The summed E-state index contributed by atoms with van der Waals surface area (Å²) in [4.78, 5) is 23.7. The Balaban J connectivity index is 1.76. The number of amides is 3. The molecule has 3 amide bonds. The molecule has 0 bridgehead atoms. The third-order valence-electron chi connectivity index (χ3n) is 2.86. The SMILES string of the molecule is CC(NC(=O)NCc1cn(C)nn1)C(=O)Nc1ccccc1. The number of hydrogen-bond donors (Lipinski definition) is 3. The van der Waals surface area contributed by atoms with Crippen molar-refractivity contribution in [2.45, 2.75) is 19.5 Å². The van der Waals surface area contributed by atoms with Gasteiger partial charge in [0.05, 0.1) is 6.54 Å². The molecule has 0 radical (unpaired) electrons. The van der Waals surface area contributed by atoms with Gasteiger partial charge in [-0.2, -0.15) is 0 Å². The minimum Gasteiger partial charge on any atom is -0.332 e. The average Bonchev–Trinajstić information content (AvgIpc) is 2.92. The van der Waals surface area contributed by atoms with Gasteiger partial charge in [-0.1, -0.05) is 23.4 Å². The Morgan fingerprint density at radius 2 is 2.00 bits per heavy atom. The lowest BCUT2D eigenvalue weighted by Crippen LogP contribution is -2.46. The average molecular weight is 302 g/mol. The van der Waals surface area contributed by atoms with Gasteiger partial charge in [-0.15, -0.1) is 5.10 Å². The fraction of sp³-hybridized carbons (Fsp3) is 0.286. The maximum absolute atomic E-state index is 11.9. The topological polar surface area (TPSA) is 101 Å². The Kier molecular flexibility index (Phi) is 5.07. The smallest absolute Gasteiger partial charge is 0.315 e. The lowest BCUT2D eigenvalue weighted by molar-refractivity contribution is -0.117. The molecular weight excluding hydrogens is 284 g/mol. The van der Waals surface area contributed by atoms with Crippen LogP contribution < -0.4 is 16.0 Å². The van der Waals surface area contributed by atoms with Gasteiger partial charge in [-0.05, 0) is 19.1 Å². The quantitative estimate of drug-likeness (QED) is 0.754. The van der Waals surface area contributed by atoms with Crippen LogP contribution in [0.3, 0.4) is 0 Å². The molecule has 2 rings (SSSR count). The van der Waals surface area contributed by atoms with Gasteiger partial charge in [0.2, 0.25) is 5.91 Å². The zero-order valence-corrected chi connectivity index (χ0v) is 12.4. The highest BCUT2D eigenvalue weighted by Gasteiger charge is 2.15. The van der Waals surface area contributed by atoms with Crippen molar-refractivity contribution in [2.24, 2.45) is 7.05 Å². The number of urea groups is 1. The van der Waals surface area contributed by atoms with Gasteiger partial charge in [0.1, 0.15) is 11.7 Å². The number of carbonyl (C=O) groups is 2. The highest BCUT2D eigenvalue weighted by Crippen LogP contribution is 2.05. The minimum atomic E-state index is -0.665. The van der Waals surface area contributed by atoms with Crippen LogP contribution in [0.2, 0.25) is 0 Å². The van der Waals surface area contributed by atoms with Crippen molar-refractivity contribution in [1.29, 1.82) is 0 Å². The van der Waals surface area contributed by atoms with E-state index in [1.807, 2.05) is 18.2 Å². The molecule has 1 aromatic carbocycles. The first-order valence-corrected chi connectivity index (χ1v) is 6.80. The van der Waals surface area contributed by atoms with Crippen LogP contribution in [0.5, 0.6) is 0 Å². The number of aromatic nitrogens is 3. The van der Waals surface area contributed by atoms with Gasteiger partial charge in [0, 0.05) is 18.9 Å². The highest BCUT2D eigenvalue weighted by atomic mass is 16.2. The summed E-state index contributed by atoms with van der Waals surface area (Å²) in [6, 6.07) is 7.95. The predicted molar refractivity (Wildman–Crippen MR) is 80.9 cm³/mol. The lowest BCUT2D eigenvalue weighted by Gasteiger charge is -2.14. The van der Waals surface area contributed by atoms with Crippen molar-refractivity contribution < 1.29 is 9.59 Å². The number of rotatable bonds is 5. The van der Waals surface area contributed by atoms with Crippen LogP contribution in [0, 0.1) is 0 Å². The molecule has 0 saturated heterocycles. The van der Waals surface area contributed by atoms with E-state index in [1.54, 1.807) is 37.0 Å². The molecule has 0 fully saturated rings. The number of aryl methyl sites for hydroxylation is 1. The summed E-state index contributed by atoms with van der Waals surface area (Å²) in [5.41, 5.74) is 1.32. The molecule has 0 spiro atoms. The molecule has 1 heterocycles. The first-order chi connectivity index (χ1) is 10.5. The molecule has 1 aromatic heterocycles. The number of nitrogens with one attached hydrogen (secondary N) is 3. The van der Waals surface area contributed by atoms with Gasteiger partial charge < -0.3 is 16.0 Å². The second kappa shape index (κ2) is 7.21. The fourth-order valence-corrected chi connectivity index (χ4v) is 1.73. The molecule has 0 aliphatic rings. The van der Waals surface area contributed by atoms with Crippen molar-refractivity contribution in [3.8, 4) is 0 Å². The van der Waals surface area contributed by atoms with E-state index in [2.05, 4.69) is 26.3 Å². The van der Waals surface area contributed by atoms with Crippen molar-refractivity contribution >= 4 is 17.6 Å². The Hall–Kier alpha value is -2.90. The van der Waals surface area contributed by atoms with Crippen LogP contribution in [-0.2, 0) is 18.4 Å². The summed E-state index contributed by atoms with van der Waals surface area (Å²) in [6.07, 6.45) is 1.70. The maximum atomic E-state index is 11.9. The number of carbonyl (C=O) groups excluding carboxylic acids is 2. The van der Waals surface area contributed by atoms with E-state index in [0.717, 1.165) is 0 Å². The van der Waals surface area contributed by atoms with Crippen molar-refractivity contribution in [1.82, 2.24) is 25.6 Å². The largest absolute Gasteiger partial charge is 0.332 e. The Labute approximate surface area is 127 Å². The zero-order chi connectivity index (χ0) is 15.9. The van der Waals surface area contributed by atoms with Crippen LogP contribution in [-0.4, -0.2) is 33.0 Å². The predicted octanol–water partition coefficient (Wildman–Crippen LogP) is 0.641. The normalized spacial score (nSPS) is 11.5. The summed E-state index contributed by atoms with van der Waals surface area (Å²) in [5, 5.41) is 15.5. The van der Waals surface area contributed by atoms with Gasteiger partial charge in [-0.25, -0.2) is 4.79 Å². The van der Waals surface area contributed by atoms with Crippen molar-refractivity contribution in [3.63, 3.8) is 0 Å². The molecule has 116 valence electrons. The third kappa shape index (κ3) is 4.58. The second-order valence-electron chi connectivity index (χ2n) is 4.79. The Bertz CT molecular complexity index is 640. The maximum Gasteiger partial charge on any atom is 0.315 e. The zero-order valence-electron chi connectivity index (χ0n) is 12.4. The van der Waals surface area contributed by atoms with Crippen LogP contribution >= 0.6 is 0 Å². The number of para-hydroxylation sites is 1. The van der Waals surface area contributed by atoms with Gasteiger partial charge in [0.15, 0.2) is 0 Å². The molecule has 2 aromatic rings. The summed E-state index contributed by atoms with van der Waals surface area (Å²) < 4.78 is 1.55. The molecular formula is C14H18N6O2. The number of anilines is 1. The van der Waals surface area contributed by atoms with Crippen molar-refractivity contribution in [2.75, 3.05) is 5.32 Å². The second-order valence-corrected chi connectivity index (χ2v) is 4.79. The first kappa shape index (κ1) is 15.5. The van der Waals surface area contributed by atoms with E-state index < -0.39 is 12.1 Å². The first-order valence-electron chi connectivity index (χ1n) is 6.80.